The lowest BCUT2D eigenvalue weighted by molar-refractivity contribution is 0.839. The molecule has 1 aliphatic rings. The minimum absolute atomic E-state index is 1.31. The molecule has 0 unspecified atom stereocenters. The first-order valence-electron chi connectivity index (χ1n) is 7.72. The summed E-state index contributed by atoms with van der Waals surface area (Å²) < 4.78 is 2.63. The summed E-state index contributed by atoms with van der Waals surface area (Å²) in [7, 11) is -1.51. The monoisotopic (exact) mass is 462 g/mol. The molecule has 0 aliphatic carbocycles. The van der Waals surface area contributed by atoms with Crippen LogP contribution in [0.2, 0.25) is 12.1 Å². The SMILES string of the molecule is CCCC[Si]1(CCCC)c2cc(Br)sc2-c2sc(Br)cc21. The van der Waals surface area contributed by atoms with Gasteiger partial charge in [-0.1, -0.05) is 39.5 Å². The molecule has 0 nitrogen and oxygen atoms in total. The molecule has 0 saturated carbocycles. The summed E-state index contributed by atoms with van der Waals surface area (Å²) in [5, 5.41) is 3.46. The lowest BCUT2D eigenvalue weighted by Gasteiger charge is -2.28. The van der Waals surface area contributed by atoms with Gasteiger partial charge in [-0.05, 0) is 66.5 Å². The standard InChI is InChI=1S/C16H20Br2S2Si/c1-3-5-7-21(8-6-4-2)11-9-13(17)19-15(11)16-12(21)10-14(18)20-16/h9-10H,3-8H2,1-2H3. The number of hydrogen-bond donors (Lipinski definition) is 0. The van der Waals surface area contributed by atoms with Crippen molar-refractivity contribution >= 4 is 73.0 Å². The van der Waals surface area contributed by atoms with Crippen LogP contribution in [-0.2, 0) is 0 Å². The maximum Gasteiger partial charge on any atom is 0.122 e. The van der Waals surface area contributed by atoms with Crippen molar-refractivity contribution in [1.82, 2.24) is 0 Å². The molecule has 114 valence electrons. The maximum atomic E-state index is 3.74. The third-order valence-corrected chi connectivity index (χ3v) is 13.6. The summed E-state index contributed by atoms with van der Waals surface area (Å²) in [4.78, 5) is 3.15. The van der Waals surface area contributed by atoms with Crippen LogP contribution in [-0.4, -0.2) is 8.07 Å². The van der Waals surface area contributed by atoms with Crippen molar-refractivity contribution in [2.45, 2.75) is 51.6 Å². The average Bonchev–Trinajstić information content (AvgIpc) is 3.07. The van der Waals surface area contributed by atoms with Gasteiger partial charge in [0, 0.05) is 9.75 Å². The van der Waals surface area contributed by atoms with Gasteiger partial charge in [-0.3, -0.25) is 0 Å². The van der Waals surface area contributed by atoms with Gasteiger partial charge in [-0.2, -0.15) is 0 Å². The van der Waals surface area contributed by atoms with Gasteiger partial charge in [0.25, 0.3) is 0 Å². The molecule has 0 spiro atoms. The number of unbranched alkanes of at least 4 members (excludes halogenated alkanes) is 2. The van der Waals surface area contributed by atoms with E-state index in [1.54, 1.807) is 20.1 Å². The summed E-state index contributed by atoms with van der Waals surface area (Å²) in [5.74, 6) is 0. The molecule has 21 heavy (non-hydrogen) atoms. The van der Waals surface area contributed by atoms with Gasteiger partial charge in [0.15, 0.2) is 0 Å². The molecule has 1 aliphatic heterocycles. The van der Waals surface area contributed by atoms with Crippen LogP contribution in [0.3, 0.4) is 0 Å². The minimum atomic E-state index is -1.51. The van der Waals surface area contributed by atoms with E-state index in [1.165, 1.54) is 45.3 Å². The molecule has 5 heteroatoms. The van der Waals surface area contributed by atoms with Crippen LogP contribution >= 0.6 is 54.5 Å². The predicted octanol–water partition coefficient (Wildman–Crippen LogP) is 6.48. The van der Waals surface area contributed by atoms with Crippen molar-refractivity contribution in [1.29, 1.82) is 0 Å². The second-order valence-corrected chi connectivity index (χ2v) is 15.0. The quantitative estimate of drug-likeness (QED) is 0.430. The van der Waals surface area contributed by atoms with Crippen molar-refractivity contribution in [2.75, 3.05) is 0 Å². The highest BCUT2D eigenvalue weighted by molar-refractivity contribution is 9.11. The molecule has 2 aromatic rings. The first-order chi connectivity index (χ1) is 10.1. The Labute approximate surface area is 153 Å². The zero-order valence-corrected chi connectivity index (χ0v) is 18.3. The molecule has 0 N–H and O–H groups in total. The van der Waals surface area contributed by atoms with E-state index in [0.717, 1.165) is 0 Å². The highest BCUT2D eigenvalue weighted by Crippen LogP contribution is 2.44. The largest absolute Gasteiger partial charge is 0.127 e. The van der Waals surface area contributed by atoms with Crippen molar-refractivity contribution < 1.29 is 0 Å². The van der Waals surface area contributed by atoms with Crippen molar-refractivity contribution in [3.63, 3.8) is 0 Å². The Morgan fingerprint density at radius 3 is 1.67 bits per heavy atom. The first kappa shape index (κ1) is 16.4. The third-order valence-electron chi connectivity index (χ3n) is 4.56. The summed E-state index contributed by atoms with van der Waals surface area (Å²) >= 11 is 11.4. The maximum absolute atomic E-state index is 3.74. The topological polar surface area (TPSA) is 0 Å². The van der Waals surface area contributed by atoms with Gasteiger partial charge in [0.2, 0.25) is 0 Å². The normalized spacial score (nSPS) is 15.2. The highest BCUT2D eigenvalue weighted by atomic mass is 79.9. The number of hydrogen-bond acceptors (Lipinski definition) is 2. The van der Waals surface area contributed by atoms with Gasteiger partial charge in [-0.25, -0.2) is 0 Å². The van der Waals surface area contributed by atoms with E-state index in [-0.39, 0.29) is 0 Å². The lowest BCUT2D eigenvalue weighted by atomic mass is 10.4. The van der Waals surface area contributed by atoms with E-state index in [4.69, 9.17) is 0 Å². The zero-order chi connectivity index (χ0) is 15.0. The summed E-state index contributed by atoms with van der Waals surface area (Å²) in [6, 6.07) is 7.77. The van der Waals surface area contributed by atoms with Crippen molar-refractivity contribution in [3.05, 3.63) is 19.7 Å². The molecule has 2 aromatic heterocycles. The predicted molar refractivity (Wildman–Crippen MR) is 107 cm³/mol. The van der Waals surface area contributed by atoms with Crippen molar-refractivity contribution in [2.24, 2.45) is 0 Å². The first-order valence-corrected chi connectivity index (χ1v) is 13.4. The van der Waals surface area contributed by atoms with Crippen molar-refractivity contribution in [3.8, 4) is 9.75 Å². The highest BCUT2D eigenvalue weighted by Gasteiger charge is 2.46. The molecule has 0 saturated heterocycles. The second kappa shape index (κ2) is 6.60. The third kappa shape index (κ3) is 2.78. The summed E-state index contributed by atoms with van der Waals surface area (Å²) in [5.41, 5.74) is 0. The Bertz CT molecular complexity index is 588. The molecule has 3 heterocycles. The molecule has 0 bridgehead atoms. The number of thiophene rings is 2. The zero-order valence-electron chi connectivity index (χ0n) is 12.5. The molecule has 0 amide bonds. The molecule has 0 fully saturated rings. The van der Waals surface area contributed by atoms with Gasteiger partial charge in [-0.15, -0.1) is 22.7 Å². The van der Waals surface area contributed by atoms with Crippen LogP contribution in [0, 0.1) is 0 Å². The van der Waals surface area contributed by atoms with Gasteiger partial charge < -0.3 is 0 Å². The van der Waals surface area contributed by atoms with Crippen LogP contribution in [0.15, 0.2) is 19.7 Å². The van der Waals surface area contributed by atoms with Crippen LogP contribution in [0.4, 0.5) is 0 Å². The molecule has 0 atom stereocenters. The second-order valence-electron chi connectivity index (χ2n) is 5.88. The number of rotatable bonds is 6. The van der Waals surface area contributed by atoms with E-state index < -0.39 is 8.07 Å². The van der Waals surface area contributed by atoms with E-state index in [2.05, 4.69) is 57.8 Å². The molecule has 0 radical (unpaired) electrons. The number of halogens is 2. The summed E-state index contributed by atoms with van der Waals surface area (Å²) in [6.45, 7) is 4.65. The smallest absolute Gasteiger partial charge is 0.122 e. The van der Waals surface area contributed by atoms with Crippen LogP contribution in [0.5, 0.6) is 0 Å². The van der Waals surface area contributed by atoms with E-state index in [0.29, 0.717) is 0 Å². The van der Waals surface area contributed by atoms with Crippen LogP contribution < -0.4 is 10.4 Å². The Hall–Kier alpha value is 0.577. The fraction of sp³-hybridized carbons (Fsp3) is 0.500. The van der Waals surface area contributed by atoms with E-state index >= 15 is 0 Å². The number of fused-ring (bicyclic) bond motifs is 3. The Morgan fingerprint density at radius 2 is 1.29 bits per heavy atom. The molecule has 0 aromatic carbocycles. The molecule has 3 rings (SSSR count). The minimum Gasteiger partial charge on any atom is -0.127 e. The van der Waals surface area contributed by atoms with Crippen LogP contribution in [0.1, 0.15) is 39.5 Å². The Kier molecular flexibility index (Phi) is 5.16. The van der Waals surface area contributed by atoms with Gasteiger partial charge >= 0.3 is 0 Å². The van der Waals surface area contributed by atoms with Gasteiger partial charge in [0.05, 0.1) is 7.57 Å². The lowest BCUT2D eigenvalue weighted by Crippen LogP contribution is -2.54. The summed E-state index contributed by atoms with van der Waals surface area (Å²) in [6.07, 6.45) is 5.36. The fourth-order valence-corrected chi connectivity index (χ4v) is 14.5. The Balaban J connectivity index is 2.15. The van der Waals surface area contributed by atoms with E-state index in [9.17, 15) is 0 Å². The van der Waals surface area contributed by atoms with E-state index in [1.807, 2.05) is 22.7 Å². The molecular weight excluding hydrogens is 444 g/mol. The van der Waals surface area contributed by atoms with Gasteiger partial charge in [0.1, 0.15) is 8.07 Å². The fourth-order valence-electron chi connectivity index (χ4n) is 3.54. The Morgan fingerprint density at radius 1 is 0.857 bits per heavy atom. The van der Waals surface area contributed by atoms with Crippen LogP contribution in [0.25, 0.3) is 9.75 Å². The molecular formula is C16H20Br2S2Si. The average molecular weight is 464 g/mol.